The van der Waals surface area contributed by atoms with Crippen LogP contribution in [0.3, 0.4) is 0 Å². The van der Waals surface area contributed by atoms with Crippen LogP contribution in [-0.4, -0.2) is 23.9 Å². The Labute approximate surface area is 157 Å². The molecule has 0 saturated carbocycles. The number of allylic oxidation sites excluding steroid dienone is 5. The number of amides is 1. The summed E-state index contributed by atoms with van der Waals surface area (Å²) >= 11 is 0. The van der Waals surface area contributed by atoms with E-state index < -0.39 is 0 Å². The molecule has 26 heavy (non-hydrogen) atoms. The van der Waals surface area contributed by atoms with Gasteiger partial charge in [-0.3, -0.25) is 4.79 Å². The largest absolute Gasteiger partial charge is 0.342 e. The van der Waals surface area contributed by atoms with Gasteiger partial charge >= 0.3 is 0 Å². The van der Waals surface area contributed by atoms with E-state index >= 15 is 0 Å². The van der Waals surface area contributed by atoms with E-state index in [1.54, 1.807) is 0 Å². The zero-order valence-corrected chi connectivity index (χ0v) is 15.8. The van der Waals surface area contributed by atoms with Gasteiger partial charge in [-0.25, -0.2) is 0 Å². The zero-order chi connectivity index (χ0) is 17.9. The Morgan fingerprint density at radius 2 is 1.81 bits per heavy atom. The number of carbonyl (C=O) groups excluding carboxylic acids is 1. The van der Waals surface area contributed by atoms with Crippen LogP contribution >= 0.6 is 0 Å². The Bertz CT molecular complexity index is 762. The average molecular weight is 348 g/mol. The van der Waals surface area contributed by atoms with Gasteiger partial charge in [0.05, 0.1) is 5.92 Å². The second-order valence-electron chi connectivity index (χ2n) is 8.08. The standard InChI is InChI=1S/C24H29NO/c1-18-13-15-25(16-14-18)24(26)23-17-21-9-6-5-7-19(21)11-12-20-8-3-2-4-10-22(20)23/h2-7,9-10,18,23H,8,11-17H2,1H3. The van der Waals surface area contributed by atoms with E-state index in [0.717, 1.165) is 57.5 Å². The molecule has 1 fully saturated rings. The molecule has 0 spiro atoms. The van der Waals surface area contributed by atoms with Crippen LogP contribution in [0.2, 0.25) is 0 Å². The molecule has 0 aromatic heterocycles. The van der Waals surface area contributed by atoms with Gasteiger partial charge in [0.25, 0.3) is 0 Å². The lowest BCUT2D eigenvalue weighted by Gasteiger charge is -2.35. The molecule has 1 unspecified atom stereocenters. The maximum atomic E-state index is 13.5. The lowest BCUT2D eigenvalue weighted by atomic mass is 9.80. The monoisotopic (exact) mass is 347 g/mol. The van der Waals surface area contributed by atoms with E-state index in [1.807, 2.05) is 0 Å². The summed E-state index contributed by atoms with van der Waals surface area (Å²) in [6, 6.07) is 8.71. The van der Waals surface area contributed by atoms with Crippen molar-refractivity contribution in [1.29, 1.82) is 0 Å². The van der Waals surface area contributed by atoms with E-state index in [2.05, 4.69) is 60.4 Å². The molecule has 136 valence electrons. The van der Waals surface area contributed by atoms with Crippen molar-refractivity contribution in [2.75, 3.05) is 13.1 Å². The van der Waals surface area contributed by atoms with Crippen LogP contribution in [0.25, 0.3) is 0 Å². The summed E-state index contributed by atoms with van der Waals surface area (Å²) in [7, 11) is 0. The van der Waals surface area contributed by atoms with Crippen molar-refractivity contribution < 1.29 is 4.79 Å². The van der Waals surface area contributed by atoms with Crippen LogP contribution in [0.1, 0.15) is 43.7 Å². The minimum Gasteiger partial charge on any atom is -0.342 e. The predicted octanol–water partition coefficient (Wildman–Crippen LogP) is 4.86. The number of piperidine rings is 1. The molecule has 3 aliphatic rings. The van der Waals surface area contributed by atoms with E-state index in [-0.39, 0.29) is 5.92 Å². The fourth-order valence-electron chi connectivity index (χ4n) is 4.58. The molecule has 1 aromatic carbocycles. The topological polar surface area (TPSA) is 20.3 Å². The average Bonchev–Trinajstić information content (AvgIpc) is 2.88. The SMILES string of the molecule is CC1CCN(C(=O)C2Cc3ccccc3CCC3=C2C=CC=CC3)CC1. The first-order chi connectivity index (χ1) is 12.7. The van der Waals surface area contributed by atoms with Crippen LogP contribution in [0.15, 0.2) is 59.7 Å². The summed E-state index contributed by atoms with van der Waals surface area (Å²) in [5.41, 5.74) is 5.51. The lowest BCUT2D eigenvalue weighted by Crippen LogP contribution is -2.42. The highest BCUT2D eigenvalue weighted by molar-refractivity contribution is 5.83. The quantitative estimate of drug-likeness (QED) is 0.710. The molecule has 2 aliphatic carbocycles. The number of likely N-dealkylation sites (tertiary alicyclic amines) is 1. The highest BCUT2D eigenvalue weighted by Crippen LogP contribution is 2.34. The van der Waals surface area contributed by atoms with E-state index in [9.17, 15) is 4.79 Å². The summed E-state index contributed by atoms with van der Waals surface area (Å²) in [6.07, 6.45) is 14.9. The molecule has 1 amide bonds. The number of aryl methyl sites for hydroxylation is 1. The molecular weight excluding hydrogens is 318 g/mol. The Kier molecular flexibility index (Phi) is 5.10. The Hall–Kier alpha value is -2.09. The summed E-state index contributed by atoms with van der Waals surface area (Å²) in [5, 5.41) is 0. The van der Waals surface area contributed by atoms with Gasteiger partial charge in [0.1, 0.15) is 0 Å². The van der Waals surface area contributed by atoms with Gasteiger partial charge in [-0.05, 0) is 61.1 Å². The first kappa shape index (κ1) is 17.3. The number of rotatable bonds is 1. The van der Waals surface area contributed by atoms with Crippen molar-refractivity contribution in [3.05, 3.63) is 70.8 Å². The number of carbonyl (C=O) groups is 1. The normalized spacial score (nSPS) is 23.7. The molecule has 2 nitrogen and oxygen atoms in total. The maximum absolute atomic E-state index is 13.5. The predicted molar refractivity (Wildman–Crippen MR) is 107 cm³/mol. The fourth-order valence-corrected chi connectivity index (χ4v) is 4.58. The lowest BCUT2D eigenvalue weighted by molar-refractivity contribution is -0.135. The van der Waals surface area contributed by atoms with Gasteiger partial charge < -0.3 is 4.90 Å². The first-order valence-electron chi connectivity index (χ1n) is 10.1. The van der Waals surface area contributed by atoms with Crippen LogP contribution in [0.4, 0.5) is 0 Å². The van der Waals surface area contributed by atoms with Crippen LogP contribution in [0, 0.1) is 11.8 Å². The molecule has 2 heteroatoms. The molecule has 0 N–H and O–H groups in total. The van der Waals surface area contributed by atoms with Crippen LogP contribution in [-0.2, 0) is 17.6 Å². The van der Waals surface area contributed by atoms with Gasteiger partial charge in [-0.15, -0.1) is 0 Å². The third-order valence-corrected chi connectivity index (χ3v) is 6.30. The molecule has 0 bridgehead atoms. The minimum absolute atomic E-state index is 0.0315. The van der Waals surface area contributed by atoms with Crippen molar-refractivity contribution in [3.8, 4) is 0 Å². The number of benzene rings is 1. The Morgan fingerprint density at radius 1 is 1.04 bits per heavy atom. The number of hydrogen-bond acceptors (Lipinski definition) is 1. The third kappa shape index (κ3) is 3.56. The maximum Gasteiger partial charge on any atom is 0.230 e. The van der Waals surface area contributed by atoms with E-state index in [0.29, 0.717) is 5.91 Å². The summed E-state index contributed by atoms with van der Waals surface area (Å²) in [5.74, 6) is 1.05. The fraction of sp³-hybridized carbons (Fsp3) is 0.458. The molecule has 1 aromatic rings. The second-order valence-corrected chi connectivity index (χ2v) is 8.08. The summed E-state index contributed by atoms with van der Waals surface area (Å²) < 4.78 is 0. The van der Waals surface area contributed by atoms with E-state index in [4.69, 9.17) is 0 Å². The van der Waals surface area contributed by atoms with Crippen molar-refractivity contribution in [2.45, 2.75) is 45.4 Å². The highest BCUT2D eigenvalue weighted by Gasteiger charge is 2.32. The highest BCUT2D eigenvalue weighted by atomic mass is 16.2. The van der Waals surface area contributed by atoms with Crippen LogP contribution < -0.4 is 0 Å². The molecule has 0 radical (unpaired) electrons. The second kappa shape index (κ2) is 7.65. The van der Waals surface area contributed by atoms with Crippen molar-refractivity contribution in [3.63, 3.8) is 0 Å². The molecule has 1 heterocycles. The van der Waals surface area contributed by atoms with Gasteiger partial charge in [-0.1, -0.05) is 61.1 Å². The van der Waals surface area contributed by atoms with Crippen molar-refractivity contribution in [2.24, 2.45) is 11.8 Å². The summed E-state index contributed by atoms with van der Waals surface area (Å²) in [6.45, 7) is 4.14. The number of nitrogens with zero attached hydrogens (tertiary/aromatic N) is 1. The molecule has 1 atom stereocenters. The Morgan fingerprint density at radius 3 is 2.62 bits per heavy atom. The Balaban J connectivity index is 1.69. The van der Waals surface area contributed by atoms with Gasteiger partial charge in [-0.2, -0.15) is 0 Å². The van der Waals surface area contributed by atoms with Gasteiger partial charge in [0.2, 0.25) is 5.91 Å². The number of hydrogen-bond donors (Lipinski definition) is 0. The smallest absolute Gasteiger partial charge is 0.230 e. The third-order valence-electron chi connectivity index (χ3n) is 6.30. The summed E-state index contributed by atoms with van der Waals surface area (Å²) in [4.78, 5) is 15.7. The van der Waals surface area contributed by atoms with Gasteiger partial charge in [0, 0.05) is 13.1 Å². The molecule has 1 saturated heterocycles. The zero-order valence-electron chi connectivity index (χ0n) is 15.8. The molecule has 1 aliphatic heterocycles. The number of fused-ring (bicyclic) bond motifs is 1. The van der Waals surface area contributed by atoms with Crippen LogP contribution in [0.5, 0.6) is 0 Å². The van der Waals surface area contributed by atoms with Gasteiger partial charge in [0.15, 0.2) is 0 Å². The minimum atomic E-state index is -0.0315. The molecule has 4 rings (SSSR count). The van der Waals surface area contributed by atoms with Crippen molar-refractivity contribution in [1.82, 2.24) is 4.90 Å². The van der Waals surface area contributed by atoms with E-state index in [1.165, 1.54) is 22.3 Å². The molecular formula is C24H29NO. The van der Waals surface area contributed by atoms with Crippen molar-refractivity contribution >= 4 is 5.91 Å². The first-order valence-corrected chi connectivity index (χ1v) is 10.1.